The van der Waals surface area contributed by atoms with E-state index >= 15 is 0 Å². The summed E-state index contributed by atoms with van der Waals surface area (Å²) in [6, 6.07) is 8.28. The quantitative estimate of drug-likeness (QED) is 0.296. The van der Waals surface area contributed by atoms with Gasteiger partial charge in [0.2, 0.25) is 0 Å². The number of benzene rings is 1. The number of hydrogen-bond acceptors (Lipinski definition) is 3. The van der Waals surface area contributed by atoms with E-state index in [0.29, 0.717) is 13.0 Å². The van der Waals surface area contributed by atoms with Gasteiger partial charge < -0.3 is 10.2 Å². The van der Waals surface area contributed by atoms with E-state index in [4.69, 9.17) is 5.53 Å². The monoisotopic (exact) mass is 255 g/mol. The molecule has 0 unspecified atom stereocenters. The summed E-state index contributed by atoms with van der Waals surface area (Å²) < 4.78 is 0. The van der Waals surface area contributed by atoms with Crippen LogP contribution in [0.15, 0.2) is 29.4 Å². The summed E-state index contributed by atoms with van der Waals surface area (Å²) in [7, 11) is 0. The molecule has 0 radical (unpaired) electrons. The summed E-state index contributed by atoms with van der Waals surface area (Å²) in [5.41, 5.74) is 10.4. The Balaban J connectivity index is 1.99. The largest absolute Gasteiger partial charge is 0.369 e. The Labute approximate surface area is 113 Å². The predicted octanol–water partition coefficient (Wildman–Crippen LogP) is 2.15. The van der Waals surface area contributed by atoms with Gasteiger partial charge in [-0.1, -0.05) is 23.0 Å². The molecule has 0 saturated carbocycles. The third kappa shape index (κ3) is 4.22. The van der Waals surface area contributed by atoms with Crippen LogP contribution in [0.5, 0.6) is 0 Å². The van der Waals surface area contributed by atoms with E-state index in [9.17, 15) is 0 Å². The Morgan fingerprint density at radius 2 is 2.21 bits per heavy atom. The molecule has 98 valence electrons. The van der Waals surface area contributed by atoms with Crippen LogP contribution in [-0.2, 0) is 0 Å². The molecule has 0 atom stereocenters. The van der Waals surface area contributed by atoms with E-state index in [1.165, 1.54) is 5.69 Å². The number of piperazine rings is 1. The van der Waals surface area contributed by atoms with E-state index in [1.807, 2.05) is 12.1 Å². The van der Waals surface area contributed by atoms with Crippen LogP contribution < -0.4 is 10.2 Å². The first-order valence-electron chi connectivity index (χ1n) is 6.45. The summed E-state index contributed by atoms with van der Waals surface area (Å²) in [6.45, 7) is 4.56. The van der Waals surface area contributed by atoms with Gasteiger partial charge in [-0.15, -0.1) is 0 Å². The number of rotatable bonds is 3. The van der Waals surface area contributed by atoms with Crippen molar-refractivity contribution in [2.45, 2.75) is 6.42 Å². The number of anilines is 1. The molecular weight excluding hydrogens is 238 g/mol. The average Bonchev–Trinajstić information content (AvgIpc) is 2.48. The van der Waals surface area contributed by atoms with Crippen molar-refractivity contribution < 1.29 is 0 Å². The van der Waals surface area contributed by atoms with Crippen molar-refractivity contribution in [1.82, 2.24) is 5.32 Å². The molecule has 5 nitrogen and oxygen atoms in total. The van der Waals surface area contributed by atoms with Crippen molar-refractivity contribution in [3.05, 3.63) is 40.3 Å². The molecule has 1 saturated heterocycles. The Morgan fingerprint density at radius 1 is 1.37 bits per heavy atom. The third-order valence-electron chi connectivity index (χ3n) is 2.96. The van der Waals surface area contributed by atoms with Gasteiger partial charge in [-0.25, -0.2) is 0 Å². The molecule has 1 aliphatic heterocycles. The second kappa shape index (κ2) is 7.32. The smallest absolute Gasteiger partial charge is 0.0379 e. The fourth-order valence-corrected chi connectivity index (χ4v) is 2.02. The first kappa shape index (κ1) is 13.3. The lowest BCUT2D eigenvalue weighted by Gasteiger charge is -2.29. The Hall–Kier alpha value is -2.15. The number of nitrogens with zero attached hydrogens (tertiary/aromatic N) is 4. The highest BCUT2D eigenvalue weighted by atomic mass is 15.2. The number of nitrogens with one attached hydrogen (secondary N) is 1. The van der Waals surface area contributed by atoms with Crippen LogP contribution in [0.1, 0.15) is 12.0 Å². The van der Waals surface area contributed by atoms with E-state index in [-0.39, 0.29) is 0 Å². The second-order valence-electron chi connectivity index (χ2n) is 4.29. The minimum Gasteiger partial charge on any atom is -0.369 e. The molecule has 0 aliphatic carbocycles. The molecule has 19 heavy (non-hydrogen) atoms. The summed E-state index contributed by atoms with van der Waals surface area (Å²) in [4.78, 5) is 5.06. The van der Waals surface area contributed by atoms with Crippen LogP contribution in [-0.4, -0.2) is 32.7 Å². The number of azide groups is 1. The lowest BCUT2D eigenvalue weighted by Crippen LogP contribution is -2.43. The minimum atomic E-state index is 0.432. The Morgan fingerprint density at radius 3 is 3.00 bits per heavy atom. The summed E-state index contributed by atoms with van der Waals surface area (Å²) in [5, 5.41) is 6.80. The highest BCUT2D eigenvalue weighted by molar-refractivity contribution is 5.52. The van der Waals surface area contributed by atoms with Crippen molar-refractivity contribution in [2.75, 3.05) is 37.6 Å². The average molecular weight is 255 g/mol. The van der Waals surface area contributed by atoms with Crippen LogP contribution in [0.3, 0.4) is 0 Å². The summed E-state index contributed by atoms with van der Waals surface area (Å²) >= 11 is 0. The molecule has 1 aromatic carbocycles. The first-order valence-corrected chi connectivity index (χ1v) is 6.45. The topological polar surface area (TPSA) is 64.0 Å². The van der Waals surface area contributed by atoms with E-state index < -0.39 is 0 Å². The molecule has 1 N–H and O–H groups in total. The van der Waals surface area contributed by atoms with Crippen LogP contribution in [0.2, 0.25) is 0 Å². The van der Waals surface area contributed by atoms with Gasteiger partial charge in [-0.3, -0.25) is 0 Å². The van der Waals surface area contributed by atoms with Crippen LogP contribution in [0, 0.1) is 11.8 Å². The fraction of sp³-hybridized carbons (Fsp3) is 0.429. The van der Waals surface area contributed by atoms with Crippen LogP contribution in [0.4, 0.5) is 5.69 Å². The van der Waals surface area contributed by atoms with Crippen LogP contribution >= 0.6 is 0 Å². The number of hydrogen-bond donors (Lipinski definition) is 1. The fourth-order valence-electron chi connectivity index (χ4n) is 2.02. The Bertz CT molecular complexity index is 516. The zero-order chi connectivity index (χ0) is 13.3. The SMILES string of the molecule is [N-]=[N+]=NCCC#Cc1cccc(N2CCNCC2)c1. The van der Waals surface area contributed by atoms with Gasteiger partial charge in [0, 0.05) is 55.3 Å². The van der Waals surface area contributed by atoms with Gasteiger partial charge in [-0.2, -0.15) is 0 Å². The highest BCUT2D eigenvalue weighted by Crippen LogP contribution is 2.16. The minimum absolute atomic E-state index is 0.432. The van der Waals surface area contributed by atoms with Crippen molar-refractivity contribution >= 4 is 5.69 Å². The van der Waals surface area contributed by atoms with Crippen molar-refractivity contribution in [2.24, 2.45) is 5.11 Å². The second-order valence-corrected chi connectivity index (χ2v) is 4.29. The predicted molar refractivity (Wildman–Crippen MR) is 77.0 cm³/mol. The summed E-state index contributed by atoms with van der Waals surface area (Å²) in [5.74, 6) is 6.13. The van der Waals surface area contributed by atoms with Gasteiger partial charge in [0.1, 0.15) is 0 Å². The Kier molecular flexibility index (Phi) is 5.12. The molecule has 0 amide bonds. The van der Waals surface area contributed by atoms with Gasteiger partial charge in [0.25, 0.3) is 0 Å². The molecule has 0 aromatic heterocycles. The zero-order valence-electron chi connectivity index (χ0n) is 10.8. The normalized spacial score (nSPS) is 14.2. The zero-order valence-corrected chi connectivity index (χ0v) is 10.8. The molecule has 2 rings (SSSR count). The third-order valence-corrected chi connectivity index (χ3v) is 2.96. The van der Waals surface area contributed by atoms with Crippen molar-refractivity contribution in [3.8, 4) is 11.8 Å². The van der Waals surface area contributed by atoms with E-state index in [1.54, 1.807) is 0 Å². The molecule has 1 aromatic rings. The van der Waals surface area contributed by atoms with Gasteiger partial charge in [0.05, 0.1) is 0 Å². The first-order chi connectivity index (χ1) is 9.40. The molecule has 0 bridgehead atoms. The highest BCUT2D eigenvalue weighted by Gasteiger charge is 2.09. The maximum absolute atomic E-state index is 8.16. The molecule has 5 heteroatoms. The maximum atomic E-state index is 8.16. The maximum Gasteiger partial charge on any atom is 0.0379 e. The lowest BCUT2D eigenvalue weighted by atomic mass is 10.1. The molecular formula is C14H17N5. The molecule has 0 spiro atoms. The van der Waals surface area contributed by atoms with Gasteiger partial charge in [0.15, 0.2) is 0 Å². The standard InChI is InChI=1S/C14H17N5/c15-18-17-7-2-1-4-13-5-3-6-14(12-13)19-10-8-16-9-11-19/h3,5-6,12,16H,2,7-11H2. The lowest BCUT2D eigenvalue weighted by molar-refractivity contribution is 0.589. The van der Waals surface area contributed by atoms with Crippen molar-refractivity contribution in [3.63, 3.8) is 0 Å². The van der Waals surface area contributed by atoms with Gasteiger partial charge >= 0.3 is 0 Å². The molecule has 1 heterocycles. The van der Waals surface area contributed by atoms with Gasteiger partial charge in [-0.05, 0) is 23.7 Å². The van der Waals surface area contributed by atoms with Crippen molar-refractivity contribution in [1.29, 1.82) is 0 Å². The van der Waals surface area contributed by atoms with E-state index in [2.05, 4.69) is 44.2 Å². The van der Waals surface area contributed by atoms with E-state index in [0.717, 1.165) is 31.7 Å². The molecule has 1 aliphatic rings. The van der Waals surface area contributed by atoms with Crippen LogP contribution in [0.25, 0.3) is 10.4 Å². The molecule has 1 fully saturated rings. The summed E-state index contributed by atoms with van der Waals surface area (Å²) in [6.07, 6.45) is 0.599.